The number of ether oxygens (including phenoxy) is 1. The SMILES string of the molecule is CC(=O)OC/C=C(\C)CCC=C(C)C.c1ccccc1. The number of hydrogen-bond acceptors (Lipinski definition) is 2. The van der Waals surface area contributed by atoms with Gasteiger partial charge in [0.05, 0.1) is 0 Å². The van der Waals surface area contributed by atoms with Crippen LogP contribution in [0.3, 0.4) is 0 Å². The molecule has 2 heteroatoms. The Morgan fingerprint density at radius 3 is 1.80 bits per heavy atom. The van der Waals surface area contributed by atoms with Crippen molar-refractivity contribution in [2.24, 2.45) is 0 Å². The molecular weight excluding hydrogens is 248 g/mol. The largest absolute Gasteiger partial charge is 0.462 e. The molecule has 1 rings (SSSR count). The van der Waals surface area contributed by atoms with Crippen molar-refractivity contribution in [3.05, 3.63) is 59.7 Å². The Kier molecular flexibility index (Phi) is 11.1. The summed E-state index contributed by atoms with van der Waals surface area (Å²) in [5.41, 5.74) is 2.61. The number of carbonyl (C=O) groups is 1. The van der Waals surface area contributed by atoms with E-state index in [9.17, 15) is 4.79 Å². The smallest absolute Gasteiger partial charge is 0.302 e. The van der Waals surface area contributed by atoms with Crippen molar-refractivity contribution in [3.8, 4) is 0 Å². The summed E-state index contributed by atoms with van der Waals surface area (Å²) >= 11 is 0. The lowest BCUT2D eigenvalue weighted by Crippen LogP contribution is -1.98. The maximum Gasteiger partial charge on any atom is 0.302 e. The third-order valence-corrected chi connectivity index (χ3v) is 2.48. The Morgan fingerprint density at radius 1 is 0.900 bits per heavy atom. The molecule has 2 nitrogen and oxygen atoms in total. The summed E-state index contributed by atoms with van der Waals surface area (Å²) < 4.78 is 4.81. The third kappa shape index (κ3) is 14.2. The zero-order valence-electron chi connectivity index (χ0n) is 13.1. The van der Waals surface area contributed by atoms with Gasteiger partial charge >= 0.3 is 5.97 Å². The quantitative estimate of drug-likeness (QED) is 0.562. The normalized spacial score (nSPS) is 10.1. The van der Waals surface area contributed by atoms with E-state index in [1.807, 2.05) is 42.5 Å². The second-order valence-electron chi connectivity index (χ2n) is 4.83. The van der Waals surface area contributed by atoms with Crippen LogP contribution in [0.5, 0.6) is 0 Å². The molecule has 0 amide bonds. The Morgan fingerprint density at radius 2 is 1.40 bits per heavy atom. The molecule has 0 radical (unpaired) electrons. The fraction of sp³-hybridized carbons (Fsp3) is 0.389. The molecule has 0 bridgehead atoms. The van der Waals surface area contributed by atoms with Crippen molar-refractivity contribution in [1.82, 2.24) is 0 Å². The monoisotopic (exact) mass is 274 g/mol. The van der Waals surface area contributed by atoms with Crippen molar-refractivity contribution < 1.29 is 9.53 Å². The molecule has 0 atom stereocenters. The van der Waals surface area contributed by atoms with E-state index in [1.54, 1.807) is 0 Å². The number of carbonyl (C=O) groups excluding carboxylic acids is 1. The molecule has 110 valence electrons. The van der Waals surface area contributed by atoms with Crippen molar-refractivity contribution in [3.63, 3.8) is 0 Å². The first kappa shape index (κ1) is 18.2. The van der Waals surface area contributed by atoms with Crippen LogP contribution in [0.1, 0.15) is 40.5 Å². The van der Waals surface area contributed by atoms with E-state index in [0.29, 0.717) is 6.61 Å². The lowest BCUT2D eigenvalue weighted by atomic mass is 10.1. The first-order valence-corrected chi connectivity index (χ1v) is 6.94. The maximum atomic E-state index is 10.5. The highest BCUT2D eigenvalue weighted by Gasteiger charge is 1.91. The average Bonchev–Trinajstić information content (AvgIpc) is 2.40. The van der Waals surface area contributed by atoms with E-state index in [1.165, 1.54) is 18.1 Å². The minimum absolute atomic E-state index is 0.224. The molecule has 0 aromatic heterocycles. The summed E-state index contributed by atoms with van der Waals surface area (Å²) in [5, 5.41) is 0. The second kappa shape index (κ2) is 12.2. The van der Waals surface area contributed by atoms with Gasteiger partial charge in [0.2, 0.25) is 0 Å². The third-order valence-electron chi connectivity index (χ3n) is 2.48. The van der Waals surface area contributed by atoms with Gasteiger partial charge in [-0.3, -0.25) is 4.79 Å². The van der Waals surface area contributed by atoms with Crippen LogP contribution in [-0.2, 0) is 9.53 Å². The number of rotatable bonds is 5. The highest BCUT2D eigenvalue weighted by molar-refractivity contribution is 5.66. The zero-order chi connectivity index (χ0) is 15.2. The first-order chi connectivity index (χ1) is 9.52. The van der Waals surface area contributed by atoms with Crippen LogP contribution in [0, 0.1) is 0 Å². The molecule has 1 aromatic carbocycles. The average molecular weight is 274 g/mol. The molecule has 0 aliphatic heterocycles. The van der Waals surface area contributed by atoms with E-state index >= 15 is 0 Å². The number of esters is 1. The lowest BCUT2D eigenvalue weighted by Gasteiger charge is -2.00. The summed E-state index contributed by atoms with van der Waals surface area (Å²) in [6.45, 7) is 8.07. The molecule has 0 aliphatic carbocycles. The molecule has 1 aromatic rings. The van der Waals surface area contributed by atoms with Crippen molar-refractivity contribution in [2.45, 2.75) is 40.5 Å². The van der Waals surface area contributed by atoms with E-state index in [-0.39, 0.29) is 5.97 Å². The van der Waals surface area contributed by atoms with Gasteiger partial charge in [-0.2, -0.15) is 0 Å². The van der Waals surface area contributed by atoms with Gasteiger partial charge in [0, 0.05) is 6.92 Å². The van der Waals surface area contributed by atoms with Gasteiger partial charge in [0.1, 0.15) is 6.61 Å². The molecule has 0 saturated heterocycles. The summed E-state index contributed by atoms with van der Waals surface area (Å²) in [7, 11) is 0. The van der Waals surface area contributed by atoms with E-state index in [4.69, 9.17) is 4.74 Å². The van der Waals surface area contributed by atoms with Gasteiger partial charge in [-0.05, 0) is 39.7 Å². The highest BCUT2D eigenvalue weighted by atomic mass is 16.5. The molecule has 0 N–H and O–H groups in total. The van der Waals surface area contributed by atoms with Crippen LogP contribution < -0.4 is 0 Å². The fourth-order valence-electron chi connectivity index (χ4n) is 1.38. The van der Waals surface area contributed by atoms with Crippen LogP contribution >= 0.6 is 0 Å². The number of hydrogen-bond donors (Lipinski definition) is 0. The van der Waals surface area contributed by atoms with E-state index in [0.717, 1.165) is 12.8 Å². The topological polar surface area (TPSA) is 26.3 Å². The van der Waals surface area contributed by atoms with Crippen LogP contribution in [0.4, 0.5) is 0 Å². The minimum atomic E-state index is -0.224. The first-order valence-electron chi connectivity index (χ1n) is 6.94. The summed E-state index contributed by atoms with van der Waals surface area (Å²) in [6.07, 6.45) is 6.26. The lowest BCUT2D eigenvalue weighted by molar-refractivity contribution is -0.139. The van der Waals surface area contributed by atoms with Crippen molar-refractivity contribution in [1.29, 1.82) is 0 Å². The standard InChI is InChI=1S/C12H20O2.C6H6/c1-10(2)6-5-7-11(3)8-9-14-12(4)13;1-2-4-6-5-3-1/h6,8H,5,7,9H2,1-4H3;1-6H/b11-8+;. The van der Waals surface area contributed by atoms with Gasteiger partial charge in [0.15, 0.2) is 0 Å². The van der Waals surface area contributed by atoms with Crippen molar-refractivity contribution >= 4 is 5.97 Å². The molecule has 0 spiro atoms. The molecule has 20 heavy (non-hydrogen) atoms. The van der Waals surface area contributed by atoms with Gasteiger partial charge in [-0.1, -0.05) is 53.6 Å². The predicted octanol–water partition coefficient (Wildman–Crippen LogP) is 4.93. The van der Waals surface area contributed by atoms with Gasteiger partial charge < -0.3 is 4.74 Å². The number of allylic oxidation sites excluding steroid dienone is 3. The Balaban J connectivity index is 0.000000493. The van der Waals surface area contributed by atoms with Crippen molar-refractivity contribution in [2.75, 3.05) is 6.61 Å². The Labute approximate surface area is 123 Å². The van der Waals surface area contributed by atoms with E-state index < -0.39 is 0 Å². The van der Waals surface area contributed by atoms with Crippen LogP contribution in [0.15, 0.2) is 59.7 Å². The summed E-state index contributed by atoms with van der Waals surface area (Å²) in [4.78, 5) is 10.5. The summed E-state index contributed by atoms with van der Waals surface area (Å²) in [5.74, 6) is -0.224. The van der Waals surface area contributed by atoms with Crippen LogP contribution in [0.2, 0.25) is 0 Å². The second-order valence-corrected chi connectivity index (χ2v) is 4.83. The molecular formula is C18H26O2. The van der Waals surface area contributed by atoms with Gasteiger partial charge in [-0.15, -0.1) is 0 Å². The molecule has 0 heterocycles. The van der Waals surface area contributed by atoms with E-state index in [2.05, 4.69) is 26.8 Å². The predicted molar refractivity (Wildman–Crippen MR) is 85.5 cm³/mol. The summed E-state index contributed by atoms with van der Waals surface area (Å²) in [6, 6.07) is 12.0. The molecule has 0 saturated carbocycles. The minimum Gasteiger partial charge on any atom is -0.462 e. The number of benzene rings is 1. The fourth-order valence-corrected chi connectivity index (χ4v) is 1.38. The maximum absolute atomic E-state index is 10.5. The zero-order valence-corrected chi connectivity index (χ0v) is 13.1. The van der Waals surface area contributed by atoms with Crippen LogP contribution in [0.25, 0.3) is 0 Å². The molecule has 0 unspecified atom stereocenters. The Bertz CT molecular complexity index is 386. The molecule has 0 fully saturated rings. The van der Waals surface area contributed by atoms with Gasteiger partial charge in [0.25, 0.3) is 0 Å². The van der Waals surface area contributed by atoms with Gasteiger partial charge in [-0.25, -0.2) is 0 Å². The molecule has 0 aliphatic rings. The highest BCUT2D eigenvalue weighted by Crippen LogP contribution is 2.06. The Hall–Kier alpha value is -1.83. The van der Waals surface area contributed by atoms with Crippen LogP contribution in [-0.4, -0.2) is 12.6 Å².